The minimum Gasteiger partial charge on any atom is -0.405 e. The van der Waals surface area contributed by atoms with Gasteiger partial charge < -0.3 is 23.7 Å². The molecule has 1 N–H and O–H groups in total. The molecular formula is C30H42O5Si. The summed E-state index contributed by atoms with van der Waals surface area (Å²) in [5, 5.41) is 12.0. The van der Waals surface area contributed by atoms with E-state index in [9.17, 15) is 5.11 Å². The van der Waals surface area contributed by atoms with Gasteiger partial charge in [0, 0.05) is 0 Å². The highest BCUT2D eigenvalue weighted by Crippen LogP contribution is 2.39. The third-order valence-corrected chi connectivity index (χ3v) is 13.3. The number of hydrogen-bond acceptors (Lipinski definition) is 5. The number of ether oxygens (including phenoxy) is 3. The van der Waals surface area contributed by atoms with Crippen molar-refractivity contribution in [2.24, 2.45) is 0 Å². The van der Waals surface area contributed by atoms with Crippen molar-refractivity contribution in [3.8, 4) is 0 Å². The lowest BCUT2D eigenvalue weighted by atomic mass is 10.0. The molecule has 36 heavy (non-hydrogen) atoms. The lowest BCUT2D eigenvalue weighted by Crippen LogP contribution is -2.67. The molecule has 0 spiro atoms. The van der Waals surface area contributed by atoms with E-state index in [0.717, 1.165) is 38.5 Å². The predicted octanol–water partition coefficient (Wildman–Crippen LogP) is 4.20. The summed E-state index contributed by atoms with van der Waals surface area (Å²) in [5.74, 6) is 0. The Morgan fingerprint density at radius 1 is 0.694 bits per heavy atom. The van der Waals surface area contributed by atoms with Gasteiger partial charge in [0.05, 0.1) is 49.8 Å². The van der Waals surface area contributed by atoms with Gasteiger partial charge in [-0.1, -0.05) is 81.4 Å². The summed E-state index contributed by atoms with van der Waals surface area (Å²) in [6.07, 6.45) is 6.49. The summed E-state index contributed by atoms with van der Waals surface area (Å²) in [6.45, 7) is 7.65. The molecule has 3 saturated heterocycles. The van der Waals surface area contributed by atoms with E-state index in [0.29, 0.717) is 6.61 Å². The standard InChI is InChI=1S/C30H42O5Si/c1-30(2,3)36(24-10-6-4-7-11-24,25-12-8-5-9-13-25)32-21-23-15-17-27(34-23)29-19-18-28(35-29)26-16-14-22(20-31)33-26/h4-13,22-23,26-29,31H,14-21H2,1-3H3/t22-,23-,26-,27-,28-,29+/m0/s1. The molecule has 196 valence electrons. The highest BCUT2D eigenvalue weighted by Gasteiger charge is 2.51. The zero-order valence-electron chi connectivity index (χ0n) is 22.0. The summed E-state index contributed by atoms with van der Waals surface area (Å²) < 4.78 is 26.1. The van der Waals surface area contributed by atoms with Crippen LogP contribution >= 0.6 is 0 Å². The Balaban J connectivity index is 1.25. The summed E-state index contributed by atoms with van der Waals surface area (Å²) in [6, 6.07) is 21.6. The van der Waals surface area contributed by atoms with Crippen molar-refractivity contribution in [3.05, 3.63) is 60.7 Å². The molecule has 0 aliphatic carbocycles. The van der Waals surface area contributed by atoms with Crippen LogP contribution in [0, 0.1) is 0 Å². The smallest absolute Gasteiger partial charge is 0.261 e. The van der Waals surface area contributed by atoms with Crippen LogP contribution in [-0.4, -0.2) is 63.3 Å². The quantitative estimate of drug-likeness (QED) is 0.540. The molecule has 3 aliphatic heterocycles. The van der Waals surface area contributed by atoms with Gasteiger partial charge in [-0.2, -0.15) is 0 Å². The first-order valence-corrected chi connectivity index (χ1v) is 15.6. The van der Waals surface area contributed by atoms with Gasteiger partial charge in [-0.05, 0) is 53.9 Å². The predicted molar refractivity (Wildman–Crippen MR) is 144 cm³/mol. The Bertz CT molecular complexity index is 923. The molecule has 3 fully saturated rings. The molecule has 0 bridgehead atoms. The molecule has 5 nitrogen and oxygen atoms in total. The van der Waals surface area contributed by atoms with Crippen LogP contribution in [0.5, 0.6) is 0 Å². The zero-order chi connectivity index (χ0) is 25.2. The second kappa shape index (κ2) is 11.1. The average molecular weight is 511 g/mol. The lowest BCUT2D eigenvalue weighted by Gasteiger charge is -2.43. The minimum absolute atomic E-state index is 0.0246. The van der Waals surface area contributed by atoms with Crippen LogP contribution < -0.4 is 10.4 Å². The van der Waals surface area contributed by atoms with Crippen LogP contribution in [0.2, 0.25) is 5.04 Å². The van der Waals surface area contributed by atoms with Crippen LogP contribution in [0.15, 0.2) is 60.7 Å². The van der Waals surface area contributed by atoms with Crippen molar-refractivity contribution in [3.63, 3.8) is 0 Å². The highest BCUT2D eigenvalue weighted by atomic mass is 28.4. The van der Waals surface area contributed by atoms with E-state index in [1.54, 1.807) is 0 Å². The fourth-order valence-corrected chi connectivity index (χ4v) is 11.1. The third-order valence-electron chi connectivity index (χ3n) is 8.30. The Morgan fingerprint density at radius 2 is 1.14 bits per heavy atom. The molecule has 5 rings (SSSR count). The number of aliphatic hydroxyl groups excluding tert-OH is 1. The van der Waals surface area contributed by atoms with Gasteiger partial charge in [-0.25, -0.2) is 0 Å². The maximum absolute atomic E-state index is 9.39. The van der Waals surface area contributed by atoms with Gasteiger partial charge in [0.15, 0.2) is 0 Å². The molecule has 3 aliphatic rings. The minimum atomic E-state index is -2.56. The van der Waals surface area contributed by atoms with Crippen molar-refractivity contribution < 1.29 is 23.7 Å². The molecule has 2 aromatic carbocycles. The second-order valence-electron chi connectivity index (χ2n) is 11.7. The number of rotatable bonds is 8. The maximum Gasteiger partial charge on any atom is 0.261 e. The van der Waals surface area contributed by atoms with Gasteiger partial charge in [0.2, 0.25) is 0 Å². The number of aliphatic hydroxyl groups is 1. The maximum atomic E-state index is 9.39. The van der Waals surface area contributed by atoms with Crippen LogP contribution in [0.1, 0.15) is 59.3 Å². The Kier molecular flexibility index (Phi) is 8.01. The largest absolute Gasteiger partial charge is 0.405 e. The SMILES string of the molecule is CC(C)(C)[Si](OC[C@@H]1CC[C@@H]([C@H]2CC[C@@H]([C@@H]3CC[C@@H](CO)O3)O2)O1)(c1ccccc1)c1ccccc1. The molecule has 3 heterocycles. The average Bonchev–Trinajstić information content (AvgIpc) is 3.65. The first-order valence-electron chi connectivity index (χ1n) is 13.7. The highest BCUT2D eigenvalue weighted by molar-refractivity contribution is 6.99. The summed E-state index contributed by atoms with van der Waals surface area (Å²) in [5.41, 5.74) is 0. The normalized spacial score (nSPS) is 31.2. The van der Waals surface area contributed by atoms with Gasteiger partial charge in [-0.15, -0.1) is 0 Å². The molecule has 0 saturated carbocycles. The van der Waals surface area contributed by atoms with Gasteiger partial charge in [0.25, 0.3) is 8.32 Å². The number of benzene rings is 2. The van der Waals surface area contributed by atoms with Crippen LogP contribution in [0.25, 0.3) is 0 Å². The van der Waals surface area contributed by atoms with E-state index < -0.39 is 8.32 Å². The van der Waals surface area contributed by atoms with Crippen molar-refractivity contribution in [1.29, 1.82) is 0 Å². The first kappa shape index (κ1) is 26.1. The zero-order valence-corrected chi connectivity index (χ0v) is 23.0. The van der Waals surface area contributed by atoms with E-state index in [2.05, 4.69) is 81.4 Å². The Hall–Kier alpha value is -1.54. The second-order valence-corrected chi connectivity index (χ2v) is 16.0. The van der Waals surface area contributed by atoms with Crippen molar-refractivity contribution in [1.82, 2.24) is 0 Å². The molecule has 0 aromatic heterocycles. The van der Waals surface area contributed by atoms with Crippen molar-refractivity contribution >= 4 is 18.7 Å². The van der Waals surface area contributed by atoms with Gasteiger partial charge >= 0.3 is 0 Å². The molecule has 0 radical (unpaired) electrons. The van der Waals surface area contributed by atoms with E-state index in [1.165, 1.54) is 10.4 Å². The van der Waals surface area contributed by atoms with Crippen molar-refractivity contribution in [2.45, 2.75) is 101 Å². The summed E-state index contributed by atoms with van der Waals surface area (Å²) >= 11 is 0. The Morgan fingerprint density at radius 3 is 1.61 bits per heavy atom. The first-order chi connectivity index (χ1) is 17.4. The molecule has 0 amide bonds. The molecule has 6 atom stereocenters. The topological polar surface area (TPSA) is 57.2 Å². The molecular weight excluding hydrogens is 468 g/mol. The van der Waals surface area contributed by atoms with E-state index in [-0.39, 0.29) is 48.3 Å². The van der Waals surface area contributed by atoms with Crippen molar-refractivity contribution in [2.75, 3.05) is 13.2 Å². The van der Waals surface area contributed by atoms with Crippen LogP contribution in [-0.2, 0) is 18.6 Å². The number of hydrogen-bond donors (Lipinski definition) is 1. The molecule has 0 unspecified atom stereocenters. The monoisotopic (exact) mass is 510 g/mol. The lowest BCUT2D eigenvalue weighted by molar-refractivity contribution is -0.110. The molecule has 6 heteroatoms. The van der Waals surface area contributed by atoms with Crippen LogP contribution in [0.4, 0.5) is 0 Å². The fourth-order valence-electron chi connectivity index (χ4n) is 6.49. The van der Waals surface area contributed by atoms with Crippen LogP contribution in [0.3, 0.4) is 0 Å². The summed E-state index contributed by atoms with van der Waals surface area (Å²) in [4.78, 5) is 0. The molecule has 2 aromatic rings. The fraction of sp³-hybridized carbons (Fsp3) is 0.600. The third kappa shape index (κ3) is 5.22. The van der Waals surface area contributed by atoms with E-state index >= 15 is 0 Å². The summed E-state index contributed by atoms with van der Waals surface area (Å²) in [7, 11) is -2.56. The Labute approximate surface area is 217 Å². The van der Waals surface area contributed by atoms with Gasteiger partial charge in [0.1, 0.15) is 0 Å². The van der Waals surface area contributed by atoms with Gasteiger partial charge in [-0.3, -0.25) is 0 Å². The van der Waals surface area contributed by atoms with E-state index in [1.807, 2.05) is 0 Å². The van der Waals surface area contributed by atoms with E-state index in [4.69, 9.17) is 18.6 Å².